The van der Waals surface area contributed by atoms with Crippen molar-refractivity contribution in [2.24, 2.45) is 5.10 Å². The molecule has 0 saturated carbocycles. The quantitative estimate of drug-likeness (QED) is 0.147. The van der Waals surface area contributed by atoms with Crippen molar-refractivity contribution >= 4 is 35.4 Å². The van der Waals surface area contributed by atoms with Crippen LogP contribution in [-0.2, 0) is 0 Å². The molecule has 3 N–H and O–H groups in total. The summed E-state index contributed by atoms with van der Waals surface area (Å²) in [6, 6.07) is 14.9. The first-order valence-electron chi connectivity index (χ1n) is 7.99. The lowest BCUT2D eigenvalue weighted by Gasteiger charge is -2.03. The van der Waals surface area contributed by atoms with Gasteiger partial charge < -0.3 is 5.84 Å². The fourth-order valence-corrected chi connectivity index (χ4v) is 2.92. The van der Waals surface area contributed by atoms with Gasteiger partial charge >= 0.3 is 0 Å². The van der Waals surface area contributed by atoms with Gasteiger partial charge in [-0.25, -0.2) is 10.1 Å². The molecule has 0 unspecified atom stereocenters. The van der Waals surface area contributed by atoms with Gasteiger partial charge in [-0.15, -0.1) is 10.2 Å². The van der Waals surface area contributed by atoms with Gasteiger partial charge in [-0.1, -0.05) is 54.2 Å². The molecule has 0 atom stereocenters. The third-order valence-corrected chi connectivity index (χ3v) is 4.49. The van der Waals surface area contributed by atoms with Crippen LogP contribution in [-0.4, -0.2) is 37.5 Å². The monoisotopic (exact) mass is 397 g/mol. The van der Waals surface area contributed by atoms with E-state index in [2.05, 4.69) is 20.7 Å². The first kappa shape index (κ1) is 19.0. The Labute approximate surface area is 163 Å². The molecule has 28 heavy (non-hydrogen) atoms. The number of carbonyl (C=O) groups is 1. The second kappa shape index (κ2) is 8.77. The maximum atomic E-state index is 12.1. The lowest BCUT2D eigenvalue weighted by atomic mass is 10.2. The maximum absolute atomic E-state index is 12.1. The van der Waals surface area contributed by atoms with E-state index in [0.29, 0.717) is 16.3 Å². The number of hydrogen-bond donors (Lipinski definition) is 2. The van der Waals surface area contributed by atoms with Crippen molar-refractivity contribution in [1.82, 2.24) is 14.9 Å². The van der Waals surface area contributed by atoms with Gasteiger partial charge in [-0.05, 0) is 0 Å². The number of nitro groups is 1. The van der Waals surface area contributed by atoms with Crippen molar-refractivity contribution in [3.05, 3.63) is 75.8 Å². The third-order valence-electron chi connectivity index (χ3n) is 3.55. The SMILES string of the molecule is Nn1c(N/N=C/c2cccc([N+](=O)[O-])c2)nnc1SCC(=O)c1ccccc1. The Balaban J connectivity index is 1.59. The molecule has 2 aromatic carbocycles. The summed E-state index contributed by atoms with van der Waals surface area (Å²) in [7, 11) is 0. The van der Waals surface area contributed by atoms with Gasteiger partial charge in [0.25, 0.3) is 11.6 Å². The number of benzene rings is 2. The highest BCUT2D eigenvalue weighted by Gasteiger charge is 2.13. The molecule has 10 nitrogen and oxygen atoms in total. The summed E-state index contributed by atoms with van der Waals surface area (Å²) in [5.41, 5.74) is 3.73. The lowest BCUT2D eigenvalue weighted by molar-refractivity contribution is -0.384. The molecule has 3 aromatic rings. The van der Waals surface area contributed by atoms with Crippen molar-refractivity contribution in [3.63, 3.8) is 0 Å². The number of carbonyl (C=O) groups excluding carboxylic acids is 1. The number of anilines is 1. The minimum Gasteiger partial charge on any atom is -0.334 e. The third kappa shape index (κ3) is 4.71. The summed E-state index contributed by atoms with van der Waals surface area (Å²) >= 11 is 1.15. The smallest absolute Gasteiger partial charge is 0.270 e. The molecular formula is C17H15N7O3S. The number of non-ortho nitro benzene ring substituents is 1. The van der Waals surface area contributed by atoms with Crippen molar-refractivity contribution in [1.29, 1.82) is 0 Å². The molecular weight excluding hydrogens is 382 g/mol. The summed E-state index contributed by atoms with van der Waals surface area (Å²) in [6.07, 6.45) is 1.40. The van der Waals surface area contributed by atoms with E-state index in [1.165, 1.54) is 23.0 Å². The molecule has 0 bridgehead atoms. The molecule has 1 heterocycles. The number of nitro benzene ring substituents is 1. The number of rotatable bonds is 8. The van der Waals surface area contributed by atoms with E-state index in [4.69, 9.17) is 5.84 Å². The zero-order chi connectivity index (χ0) is 19.9. The first-order valence-corrected chi connectivity index (χ1v) is 8.98. The van der Waals surface area contributed by atoms with Crippen LogP contribution in [0.1, 0.15) is 15.9 Å². The van der Waals surface area contributed by atoms with Crippen molar-refractivity contribution in [2.75, 3.05) is 17.0 Å². The Kier molecular flexibility index (Phi) is 5.97. The Bertz CT molecular complexity index is 1020. The molecule has 142 valence electrons. The molecule has 0 spiro atoms. The fourth-order valence-electron chi connectivity index (χ4n) is 2.17. The Morgan fingerprint density at radius 1 is 1.25 bits per heavy atom. The molecule has 3 rings (SSSR count). The number of nitrogen functional groups attached to an aromatic ring is 1. The van der Waals surface area contributed by atoms with Gasteiger partial charge in [0.05, 0.1) is 16.9 Å². The van der Waals surface area contributed by atoms with Gasteiger partial charge in [0.2, 0.25) is 5.16 Å². The van der Waals surface area contributed by atoms with Crippen LogP contribution in [0.5, 0.6) is 0 Å². The highest BCUT2D eigenvalue weighted by atomic mass is 32.2. The highest BCUT2D eigenvalue weighted by molar-refractivity contribution is 7.99. The molecule has 0 radical (unpaired) electrons. The van der Waals surface area contributed by atoms with Crippen molar-refractivity contribution in [3.8, 4) is 0 Å². The van der Waals surface area contributed by atoms with Crippen molar-refractivity contribution < 1.29 is 9.72 Å². The zero-order valence-corrected chi connectivity index (χ0v) is 15.2. The minimum atomic E-state index is -0.485. The van der Waals surface area contributed by atoms with E-state index in [9.17, 15) is 14.9 Å². The number of nitrogens with zero attached hydrogens (tertiary/aromatic N) is 5. The number of Topliss-reactive ketones (excluding diaryl/α,β-unsaturated/α-hetero) is 1. The predicted molar refractivity (Wildman–Crippen MR) is 106 cm³/mol. The molecule has 11 heteroatoms. The Hall–Kier alpha value is -3.73. The first-order chi connectivity index (χ1) is 13.5. The number of ketones is 1. The van der Waals surface area contributed by atoms with Gasteiger partial charge in [0, 0.05) is 23.3 Å². The second-order valence-electron chi connectivity index (χ2n) is 5.48. The zero-order valence-electron chi connectivity index (χ0n) is 14.4. The number of hydrogen-bond acceptors (Lipinski definition) is 9. The summed E-state index contributed by atoms with van der Waals surface area (Å²) < 4.78 is 1.17. The fraction of sp³-hybridized carbons (Fsp3) is 0.0588. The molecule has 0 aliphatic heterocycles. The predicted octanol–water partition coefficient (Wildman–Crippen LogP) is 2.32. The molecule has 1 aromatic heterocycles. The van der Waals surface area contributed by atoms with E-state index in [1.54, 1.807) is 36.4 Å². The van der Waals surface area contributed by atoms with Crippen LogP contribution in [0, 0.1) is 10.1 Å². The summed E-state index contributed by atoms with van der Waals surface area (Å²) in [5, 5.41) is 22.9. The van der Waals surface area contributed by atoms with Crippen LogP contribution < -0.4 is 11.3 Å². The number of nitrogens with two attached hydrogens (primary N) is 1. The van der Waals surface area contributed by atoms with Crippen molar-refractivity contribution in [2.45, 2.75) is 5.16 Å². The van der Waals surface area contributed by atoms with Gasteiger partial charge in [-0.2, -0.15) is 5.10 Å². The normalized spacial score (nSPS) is 10.9. The van der Waals surface area contributed by atoms with Gasteiger partial charge in [0.15, 0.2) is 5.78 Å². The number of nitrogens with one attached hydrogen (secondary N) is 1. The minimum absolute atomic E-state index is 0.0345. The summed E-state index contributed by atoms with van der Waals surface area (Å²) in [6.45, 7) is 0. The maximum Gasteiger partial charge on any atom is 0.270 e. The van der Waals surface area contributed by atoms with Crippen LogP contribution in [0.2, 0.25) is 0 Å². The molecule has 0 aliphatic carbocycles. The van der Waals surface area contributed by atoms with Crippen LogP contribution >= 0.6 is 11.8 Å². The van der Waals surface area contributed by atoms with E-state index in [1.807, 2.05) is 6.07 Å². The summed E-state index contributed by atoms with van der Waals surface area (Å²) in [5.74, 6) is 6.18. The van der Waals surface area contributed by atoms with E-state index >= 15 is 0 Å². The number of thioether (sulfide) groups is 1. The standard InChI is InChI=1S/C17H15N7O3S/c18-23-16(20-19-10-12-5-4-8-14(9-12)24(26)27)21-22-17(23)28-11-15(25)13-6-2-1-3-7-13/h1-10H,11,18H2,(H,20,21)/b19-10+. The Morgan fingerprint density at radius 2 is 2.04 bits per heavy atom. The average molecular weight is 397 g/mol. The topological polar surface area (TPSA) is 141 Å². The molecule has 0 aliphatic rings. The average Bonchev–Trinajstić information content (AvgIpc) is 3.06. The molecule has 0 fully saturated rings. The van der Waals surface area contributed by atoms with Crippen LogP contribution in [0.4, 0.5) is 11.6 Å². The van der Waals surface area contributed by atoms with Crippen LogP contribution in [0.3, 0.4) is 0 Å². The van der Waals surface area contributed by atoms with E-state index in [0.717, 1.165) is 11.8 Å². The van der Waals surface area contributed by atoms with Gasteiger partial charge in [0.1, 0.15) is 0 Å². The lowest BCUT2D eigenvalue weighted by Crippen LogP contribution is -2.14. The summed E-state index contributed by atoms with van der Waals surface area (Å²) in [4.78, 5) is 22.4. The number of hydrazone groups is 1. The second-order valence-corrected chi connectivity index (χ2v) is 6.42. The Morgan fingerprint density at radius 3 is 2.79 bits per heavy atom. The molecule has 0 saturated heterocycles. The van der Waals surface area contributed by atoms with Crippen LogP contribution in [0.15, 0.2) is 64.9 Å². The largest absolute Gasteiger partial charge is 0.334 e. The van der Waals surface area contributed by atoms with Gasteiger partial charge in [-0.3, -0.25) is 14.9 Å². The van der Waals surface area contributed by atoms with Crippen LogP contribution in [0.25, 0.3) is 0 Å². The van der Waals surface area contributed by atoms with E-state index < -0.39 is 4.92 Å². The number of aromatic nitrogens is 3. The van der Waals surface area contributed by atoms with E-state index in [-0.39, 0.29) is 23.2 Å². The molecule has 0 amide bonds. The highest BCUT2D eigenvalue weighted by Crippen LogP contribution is 2.18.